The molecule has 0 heterocycles. The Balaban J connectivity index is 2.45. The molecule has 0 aliphatic carbocycles. The molecule has 0 saturated carbocycles. The number of sulfonamides is 1. The van der Waals surface area contributed by atoms with Crippen molar-refractivity contribution in [2.24, 2.45) is 0 Å². The molecule has 0 saturated heterocycles. The predicted octanol–water partition coefficient (Wildman–Crippen LogP) is 2.21. The van der Waals surface area contributed by atoms with E-state index in [-0.39, 0.29) is 17.2 Å². The molecule has 1 atom stereocenters. The zero-order valence-electron chi connectivity index (χ0n) is 15.1. The molecule has 0 spiro atoms. The standard InChI is InChI=1S/C18H24N2O4S2/c1-4-25(21,22)19-14-18(15-10-12-16(13-11-15)20(2)3)26(23,24)17-8-6-5-7-9-17/h5-13,18-19H,4,14H2,1-3H3/t18-/m0/s1. The minimum Gasteiger partial charge on any atom is -0.378 e. The van der Waals surface area contributed by atoms with Crippen LogP contribution in [0.15, 0.2) is 59.5 Å². The summed E-state index contributed by atoms with van der Waals surface area (Å²) in [6.07, 6.45) is 0. The smallest absolute Gasteiger partial charge is 0.211 e. The fourth-order valence-corrected chi connectivity index (χ4v) is 4.89. The van der Waals surface area contributed by atoms with E-state index in [1.54, 1.807) is 30.3 Å². The van der Waals surface area contributed by atoms with E-state index in [1.165, 1.54) is 19.1 Å². The van der Waals surface area contributed by atoms with E-state index >= 15 is 0 Å². The Morgan fingerprint density at radius 3 is 2.00 bits per heavy atom. The zero-order valence-corrected chi connectivity index (χ0v) is 16.7. The molecule has 0 aliphatic rings. The van der Waals surface area contributed by atoms with Crippen LogP contribution in [0.2, 0.25) is 0 Å². The van der Waals surface area contributed by atoms with Crippen LogP contribution in [0, 0.1) is 0 Å². The van der Waals surface area contributed by atoms with E-state index in [4.69, 9.17) is 0 Å². The van der Waals surface area contributed by atoms with Gasteiger partial charge in [-0.05, 0) is 36.8 Å². The minimum atomic E-state index is -3.76. The third-order valence-electron chi connectivity index (χ3n) is 4.10. The number of nitrogens with one attached hydrogen (secondary N) is 1. The Morgan fingerprint density at radius 2 is 1.50 bits per heavy atom. The summed E-state index contributed by atoms with van der Waals surface area (Å²) >= 11 is 0. The van der Waals surface area contributed by atoms with E-state index in [9.17, 15) is 16.8 Å². The highest BCUT2D eigenvalue weighted by Crippen LogP contribution is 2.29. The number of hydrogen-bond acceptors (Lipinski definition) is 5. The summed E-state index contributed by atoms with van der Waals surface area (Å²) < 4.78 is 52.3. The van der Waals surface area contributed by atoms with Gasteiger partial charge in [0, 0.05) is 26.3 Å². The van der Waals surface area contributed by atoms with Crippen molar-refractivity contribution in [2.45, 2.75) is 17.1 Å². The maximum absolute atomic E-state index is 13.1. The second-order valence-corrected chi connectivity index (χ2v) is 10.3. The van der Waals surface area contributed by atoms with Crippen LogP contribution in [-0.4, -0.2) is 43.2 Å². The van der Waals surface area contributed by atoms with Gasteiger partial charge in [-0.3, -0.25) is 0 Å². The molecule has 0 radical (unpaired) electrons. The Hall–Kier alpha value is -1.90. The zero-order chi connectivity index (χ0) is 19.4. The van der Waals surface area contributed by atoms with E-state index in [1.807, 2.05) is 31.1 Å². The number of rotatable bonds is 8. The van der Waals surface area contributed by atoms with Crippen molar-refractivity contribution in [2.75, 3.05) is 31.3 Å². The van der Waals surface area contributed by atoms with Gasteiger partial charge in [-0.1, -0.05) is 30.3 Å². The summed E-state index contributed by atoms with van der Waals surface area (Å²) in [5.74, 6) is -0.106. The van der Waals surface area contributed by atoms with Crippen LogP contribution < -0.4 is 9.62 Å². The van der Waals surface area contributed by atoms with Crippen LogP contribution in [0.5, 0.6) is 0 Å². The van der Waals surface area contributed by atoms with Gasteiger partial charge in [0.25, 0.3) is 0 Å². The van der Waals surface area contributed by atoms with Crippen LogP contribution in [-0.2, 0) is 19.9 Å². The van der Waals surface area contributed by atoms with Crippen molar-refractivity contribution >= 4 is 25.5 Å². The van der Waals surface area contributed by atoms with Crippen molar-refractivity contribution < 1.29 is 16.8 Å². The fraction of sp³-hybridized carbons (Fsp3) is 0.333. The fourth-order valence-electron chi connectivity index (χ4n) is 2.47. The number of anilines is 1. The summed E-state index contributed by atoms with van der Waals surface area (Å²) in [6, 6.07) is 15.1. The average molecular weight is 397 g/mol. The van der Waals surface area contributed by atoms with Crippen molar-refractivity contribution in [3.05, 3.63) is 60.2 Å². The summed E-state index contributed by atoms with van der Waals surface area (Å²) in [5, 5.41) is -1.01. The second-order valence-electron chi connectivity index (χ2n) is 6.08. The molecule has 0 unspecified atom stereocenters. The molecular weight excluding hydrogens is 372 g/mol. The molecule has 26 heavy (non-hydrogen) atoms. The van der Waals surface area contributed by atoms with Gasteiger partial charge in [-0.15, -0.1) is 0 Å². The van der Waals surface area contributed by atoms with Crippen LogP contribution in [0.4, 0.5) is 5.69 Å². The quantitative estimate of drug-likeness (QED) is 0.740. The lowest BCUT2D eigenvalue weighted by Gasteiger charge is -2.20. The van der Waals surface area contributed by atoms with Crippen LogP contribution in [0.1, 0.15) is 17.7 Å². The molecule has 0 aliphatic heterocycles. The number of nitrogens with zero attached hydrogens (tertiary/aromatic N) is 1. The normalized spacial score (nSPS) is 13.3. The van der Waals surface area contributed by atoms with Crippen LogP contribution in [0.3, 0.4) is 0 Å². The molecule has 2 aromatic rings. The molecule has 142 valence electrons. The lowest BCUT2D eigenvalue weighted by molar-refractivity contribution is 0.569. The Labute approximate surface area is 155 Å². The van der Waals surface area contributed by atoms with Gasteiger partial charge < -0.3 is 4.90 Å². The molecule has 1 N–H and O–H groups in total. The van der Waals surface area contributed by atoms with Gasteiger partial charge in [0.15, 0.2) is 9.84 Å². The first-order valence-electron chi connectivity index (χ1n) is 8.21. The van der Waals surface area contributed by atoms with Gasteiger partial charge in [0.2, 0.25) is 10.0 Å². The van der Waals surface area contributed by atoms with Gasteiger partial charge >= 0.3 is 0 Å². The van der Waals surface area contributed by atoms with Crippen LogP contribution >= 0.6 is 0 Å². The first kappa shape index (κ1) is 20.4. The molecule has 0 amide bonds. The Morgan fingerprint density at radius 1 is 0.923 bits per heavy atom. The van der Waals surface area contributed by atoms with E-state index in [2.05, 4.69) is 4.72 Å². The highest BCUT2D eigenvalue weighted by Gasteiger charge is 2.30. The average Bonchev–Trinajstić information content (AvgIpc) is 2.62. The van der Waals surface area contributed by atoms with Crippen molar-refractivity contribution in [3.8, 4) is 0 Å². The molecule has 0 fully saturated rings. The topological polar surface area (TPSA) is 83.6 Å². The van der Waals surface area contributed by atoms with Gasteiger partial charge in [0.1, 0.15) is 5.25 Å². The molecule has 2 aromatic carbocycles. The van der Waals surface area contributed by atoms with Crippen molar-refractivity contribution in [3.63, 3.8) is 0 Å². The van der Waals surface area contributed by atoms with E-state index < -0.39 is 25.1 Å². The second kappa shape index (κ2) is 8.20. The van der Waals surface area contributed by atoms with Crippen LogP contribution in [0.25, 0.3) is 0 Å². The third-order valence-corrected chi connectivity index (χ3v) is 7.58. The first-order chi connectivity index (χ1) is 12.2. The first-order valence-corrected chi connectivity index (χ1v) is 11.4. The number of benzene rings is 2. The minimum absolute atomic E-state index is 0.106. The summed E-state index contributed by atoms with van der Waals surface area (Å²) in [5.41, 5.74) is 1.47. The molecule has 0 aromatic heterocycles. The third kappa shape index (κ3) is 4.84. The lowest BCUT2D eigenvalue weighted by Crippen LogP contribution is -2.32. The Bertz CT molecular complexity index is 923. The maximum Gasteiger partial charge on any atom is 0.211 e. The van der Waals surface area contributed by atoms with Gasteiger partial charge in [-0.25, -0.2) is 21.6 Å². The highest BCUT2D eigenvalue weighted by atomic mass is 32.2. The molecular formula is C18H24N2O4S2. The van der Waals surface area contributed by atoms with Gasteiger partial charge in [0.05, 0.1) is 10.6 Å². The number of hydrogen-bond donors (Lipinski definition) is 1. The molecule has 0 bridgehead atoms. The van der Waals surface area contributed by atoms with Gasteiger partial charge in [-0.2, -0.15) is 0 Å². The largest absolute Gasteiger partial charge is 0.378 e. The van der Waals surface area contributed by atoms with Crippen molar-refractivity contribution in [1.82, 2.24) is 4.72 Å². The number of sulfone groups is 1. The molecule has 2 rings (SSSR count). The lowest BCUT2D eigenvalue weighted by atomic mass is 10.1. The van der Waals surface area contributed by atoms with E-state index in [0.717, 1.165) is 5.69 Å². The maximum atomic E-state index is 13.1. The Kier molecular flexibility index (Phi) is 6.44. The van der Waals surface area contributed by atoms with Crippen molar-refractivity contribution in [1.29, 1.82) is 0 Å². The highest BCUT2D eigenvalue weighted by molar-refractivity contribution is 7.92. The van der Waals surface area contributed by atoms with E-state index in [0.29, 0.717) is 5.56 Å². The summed E-state index contributed by atoms with van der Waals surface area (Å²) in [7, 11) is -3.48. The molecule has 6 nitrogen and oxygen atoms in total. The predicted molar refractivity (Wildman–Crippen MR) is 105 cm³/mol. The molecule has 8 heteroatoms. The summed E-state index contributed by atoms with van der Waals surface area (Å²) in [6.45, 7) is 1.30. The summed E-state index contributed by atoms with van der Waals surface area (Å²) in [4.78, 5) is 2.07. The monoisotopic (exact) mass is 396 g/mol. The SMILES string of the molecule is CCS(=O)(=O)NC[C@@H](c1ccc(N(C)C)cc1)S(=O)(=O)c1ccccc1.